The largest absolute Gasteiger partial charge is 0.366 e. The zero-order chi connectivity index (χ0) is 30.4. The lowest BCUT2D eigenvalue weighted by Crippen LogP contribution is -2.48. The van der Waals surface area contributed by atoms with Crippen LogP contribution in [0.4, 0.5) is 14.5 Å². The SMILES string of the molecule is CN(C)C/C=C/C(=O)N1CCN(c2cnccc2-c2ccc(CNC(=O)c3nc(C(C)(C)C)no3)c(C(F)F)c2)CC1. The average Bonchev–Trinajstić information content (AvgIpc) is 3.47. The highest BCUT2D eigenvalue weighted by atomic mass is 19.3. The summed E-state index contributed by atoms with van der Waals surface area (Å²) in [6, 6.07) is 6.59. The standard InChI is InChI=1S/C30H37F2N7O3/c1-30(2,3)29-35-28(42-36-29)27(41)34-18-21-9-8-20(17-23(21)26(31)32)22-10-11-33-19-24(22)38-13-15-39(16-14-38)25(40)7-6-12-37(4)5/h6-11,17,19,26H,12-16,18H2,1-5H3,(H,34,41)/b7-6+. The quantitative estimate of drug-likeness (QED) is 0.377. The van der Waals surface area contributed by atoms with Crippen molar-refractivity contribution in [2.75, 3.05) is 51.7 Å². The monoisotopic (exact) mass is 581 g/mol. The number of benzene rings is 1. The molecule has 1 N–H and O–H groups in total. The lowest BCUT2D eigenvalue weighted by Gasteiger charge is -2.36. The van der Waals surface area contributed by atoms with E-state index in [1.165, 1.54) is 6.07 Å². The molecule has 2 aromatic heterocycles. The number of alkyl halides is 2. The number of rotatable bonds is 9. The normalized spacial score (nSPS) is 14.3. The number of likely N-dealkylation sites (N-methyl/N-ethyl adjacent to an activating group) is 1. The number of carbonyl (C=O) groups excluding carboxylic acids is 2. The van der Waals surface area contributed by atoms with Crippen molar-refractivity contribution < 1.29 is 22.9 Å². The van der Waals surface area contributed by atoms with Gasteiger partial charge in [-0.3, -0.25) is 14.6 Å². The molecule has 0 unspecified atom stereocenters. The number of amides is 2. The van der Waals surface area contributed by atoms with E-state index < -0.39 is 17.7 Å². The van der Waals surface area contributed by atoms with E-state index in [9.17, 15) is 18.4 Å². The first kappa shape index (κ1) is 30.8. The van der Waals surface area contributed by atoms with Crippen molar-refractivity contribution in [3.05, 3.63) is 71.7 Å². The van der Waals surface area contributed by atoms with Crippen molar-refractivity contribution in [2.45, 2.75) is 39.2 Å². The predicted octanol–water partition coefficient (Wildman–Crippen LogP) is 4.06. The maximum absolute atomic E-state index is 14.2. The summed E-state index contributed by atoms with van der Waals surface area (Å²) in [4.78, 5) is 39.4. The number of nitrogens with one attached hydrogen (secondary N) is 1. The van der Waals surface area contributed by atoms with Crippen LogP contribution in [0.15, 0.2) is 53.3 Å². The minimum absolute atomic E-state index is 0.0269. The first-order valence-corrected chi connectivity index (χ1v) is 13.8. The Morgan fingerprint density at radius 3 is 2.52 bits per heavy atom. The molecule has 3 aromatic rings. The summed E-state index contributed by atoms with van der Waals surface area (Å²) >= 11 is 0. The Labute approximate surface area is 244 Å². The number of piperazine rings is 1. The van der Waals surface area contributed by atoms with E-state index >= 15 is 0 Å². The summed E-state index contributed by atoms with van der Waals surface area (Å²) in [5, 5.41) is 6.43. The van der Waals surface area contributed by atoms with Crippen molar-refractivity contribution in [2.24, 2.45) is 0 Å². The number of nitrogens with zero attached hydrogens (tertiary/aromatic N) is 6. The summed E-state index contributed by atoms with van der Waals surface area (Å²) in [5.41, 5.74) is 1.86. The van der Waals surface area contributed by atoms with Gasteiger partial charge in [0.25, 0.3) is 6.43 Å². The van der Waals surface area contributed by atoms with E-state index in [2.05, 4.69) is 25.3 Å². The topological polar surface area (TPSA) is 108 Å². The molecule has 0 atom stereocenters. The summed E-state index contributed by atoms with van der Waals surface area (Å²) in [5.74, 6) is -0.503. The third kappa shape index (κ3) is 7.55. The average molecular weight is 582 g/mol. The number of carbonyl (C=O) groups is 2. The first-order chi connectivity index (χ1) is 19.9. The fourth-order valence-electron chi connectivity index (χ4n) is 4.52. The summed E-state index contributed by atoms with van der Waals surface area (Å²) in [7, 11) is 3.88. The third-order valence-corrected chi connectivity index (χ3v) is 6.89. The molecular weight excluding hydrogens is 544 g/mol. The van der Waals surface area contributed by atoms with E-state index in [1.54, 1.807) is 41.6 Å². The minimum atomic E-state index is -2.76. The highest BCUT2D eigenvalue weighted by Crippen LogP contribution is 2.34. The van der Waals surface area contributed by atoms with Gasteiger partial charge in [-0.15, -0.1) is 0 Å². The van der Waals surface area contributed by atoms with Crippen molar-refractivity contribution in [1.29, 1.82) is 0 Å². The Morgan fingerprint density at radius 2 is 1.88 bits per heavy atom. The molecule has 0 saturated carbocycles. The molecule has 0 aliphatic carbocycles. The van der Waals surface area contributed by atoms with Crippen LogP contribution in [0, 0.1) is 0 Å². The van der Waals surface area contributed by atoms with Gasteiger partial charge in [0.2, 0.25) is 5.91 Å². The van der Waals surface area contributed by atoms with Gasteiger partial charge in [-0.1, -0.05) is 44.1 Å². The second-order valence-electron chi connectivity index (χ2n) is 11.4. The van der Waals surface area contributed by atoms with Gasteiger partial charge in [0, 0.05) is 68.1 Å². The summed E-state index contributed by atoms with van der Waals surface area (Å²) in [6.07, 6.45) is 4.04. The molecule has 1 fully saturated rings. The van der Waals surface area contributed by atoms with E-state index in [-0.39, 0.29) is 29.5 Å². The maximum atomic E-state index is 14.2. The van der Waals surface area contributed by atoms with Crippen LogP contribution in [0.3, 0.4) is 0 Å². The Kier molecular flexibility index (Phi) is 9.66. The van der Waals surface area contributed by atoms with Crippen LogP contribution in [0.5, 0.6) is 0 Å². The molecular formula is C30H37F2N7O3. The second kappa shape index (κ2) is 13.2. The van der Waals surface area contributed by atoms with Gasteiger partial charge in [-0.25, -0.2) is 8.78 Å². The number of hydrogen-bond acceptors (Lipinski definition) is 8. The molecule has 0 spiro atoms. The molecule has 1 aliphatic rings. The Hall–Kier alpha value is -4.19. The van der Waals surface area contributed by atoms with Gasteiger partial charge >= 0.3 is 11.8 Å². The van der Waals surface area contributed by atoms with Gasteiger partial charge in [-0.2, -0.15) is 4.98 Å². The van der Waals surface area contributed by atoms with Crippen molar-refractivity contribution >= 4 is 17.5 Å². The molecule has 0 radical (unpaired) electrons. The van der Waals surface area contributed by atoms with E-state index in [0.717, 1.165) is 11.3 Å². The molecule has 3 heterocycles. The summed E-state index contributed by atoms with van der Waals surface area (Å²) < 4.78 is 33.4. The lowest BCUT2D eigenvalue weighted by atomic mass is 9.96. The van der Waals surface area contributed by atoms with E-state index in [0.29, 0.717) is 44.1 Å². The van der Waals surface area contributed by atoms with Crippen LogP contribution in [-0.4, -0.2) is 83.6 Å². The highest BCUT2D eigenvalue weighted by molar-refractivity contribution is 5.89. The Bertz CT molecular complexity index is 1420. The van der Waals surface area contributed by atoms with Crippen molar-refractivity contribution in [3.63, 3.8) is 0 Å². The van der Waals surface area contributed by atoms with Crippen LogP contribution in [-0.2, 0) is 16.8 Å². The molecule has 2 amide bonds. The van der Waals surface area contributed by atoms with Gasteiger partial charge < -0.3 is 24.5 Å². The smallest absolute Gasteiger partial charge is 0.315 e. The minimum Gasteiger partial charge on any atom is -0.366 e. The molecule has 0 bridgehead atoms. The van der Waals surface area contributed by atoms with Crippen LogP contribution < -0.4 is 10.2 Å². The lowest BCUT2D eigenvalue weighted by molar-refractivity contribution is -0.126. The fraction of sp³-hybridized carbons (Fsp3) is 0.433. The van der Waals surface area contributed by atoms with E-state index in [4.69, 9.17) is 4.52 Å². The maximum Gasteiger partial charge on any atom is 0.315 e. The first-order valence-electron chi connectivity index (χ1n) is 13.8. The van der Waals surface area contributed by atoms with Gasteiger partial charge in [-0.05, 0) is 37.4 Å². The molecule has 12 heteroatoms. The molecule has 1 saturated heterocycles. The Balaban J connectivity index is 1.47. The van der Waals surface area contributed by atoms with Crippen molar-refractivity contribution in [1.82, 2.24) is 30.2 Å². The molecule has 10 nitrogen and oxygen atoms in total. The van der Waals surface area contributed by atoms with Crippen LogP contribution in [0.25, 0.3) is 11.1 Å². The third-order valence-electron chi connectivity index (χ3n) is 6.89. The number of anilines is 1. The predicted molar refractivity (Wildman–Crippen MR) is 155 cm³/mol. The van der Waals surface area contributed by atoms with E-state index in [1.807, 2.05) is 45.8 Å². The summed E-state index contributed by atoms with van der Waals surface area (Å²) in [6.45, 7) is 8.47. The molecule has 1 aliphatic heterocycles. The van der Waals surface area contributed by atoms with Gasteiger partial charge in [0.05, 0.1) is 11.9 Å². The zero-order valence-electron chi connectivity index (χ0n) is 24.6. The molecule has 4 rings (SSSR count). The number of hydrogen-bond donors (Lipinski definition) is 1. The van der Waals surface area contributed by atoms with Crippen molar-refractivity contribution in [3.8, 4) is 11.1 Å². The fourth-order valence-corrected chi connectivity index (χ4v) is 4.52. The van der Waals surface area contributed by atoms with Gasteiger partial charge in [0.15, 0.2) is 5.82 Å². The number of halogens is 2. The Morgan fingerprint density at radius 1 is 1.14 bits per heavy atom. The number of pyridine rings is 1. The molecule has 224 valence electrons. The molecule has 42 heavy (non-hydrogen) atoms. The van der Waals surface area contributed by atoms with Gasteiger partial charge in [0.1, 0.15) is 0 Å². The number of aromatic nitrogens is 3. The second-order valence-corrected chi connectivity index (χ2v) is 11.4. The van der Waals surface area contributed by atoms with Crippen LogP contribution >= 0.6 is 0 Å². The highest BCUT2D eigenvalue weighted by Gasteiger charge is 2.25. The zero-order valence-corrected chi connectivity index (χ0v) is 24.6. The van der Waals surface area contributed by atoms with Crippen LogP contribution in [0.1, 0.15) is 54.8 Å². The van der Waals surface area contributed by atoms with Crippen LogP contribution in [0.2, 0.25) is 0 Å². The molecule has 1 aromatic carbocycles.